The van der Waals surface area contributed by atoms with Crippen molar-refractivity contribution in [3.8, 4) is 11.5 Å². The van der Waals surface area contributed by atoms with Gasteiger partial charge in [0, 0.05) is 13.1 Å². The number of nitrogens with zero attached hydrogens (tertiary/aromatic N) is 2. The van der Waals surface area contributed by atoms with Crippen molar-refractivity contribution in [1.29, 1.82) is 0 Å². The van der Waals surface area contributed by atoms with E-state index < -0.39 is 29.3 Å². The molecule has 2 aromatic carbocycles. The predicted molar refractivity (Wildman–Crippen MR) is 114 cm³/mol. The number of likely N-dealkylation sites (N-methyl/N-ethyl adjacent to an activating group) is 1. The molecule has 1 aliphatic rings. The van der Waals surface area contributed by atoms with Crippen molar-refractivity contribution in [2.75, 3.05) is 41.4 Å². The summed E-state index contributed by atoms with van der Waals surface area (Å²) >= 11 is 0. The van der Waals surface area contributed by atoms with Crippen LogP contribution >= 0.6 is 0 Å². The van der Waals surface area contributed by atoms with E-state index in [4.69, 9.17) is 9.47 Å². The van der Waals surface area contributed by atoms with Gasteiger partial charge in [-0.2, -0.15) is 0 Å². The van der Waals surface area contributed by atoms with Gasteiger partial charge in [0.1, 0.15) is 23.1 Å². The molecule has 0 bridgehead atoms. The number of carbonyl (C=O) groups is 2. The van der Waals surface area contributed by atoms with Gasteiger partial charge in [0.2, 0.25) is 0 Å². The lowest BCUT2D eigenvalue weighted by molar-refractivity contribution is -0.140. The molecule has 1 fully saturated rings. The summed E-state index contributed by atoms with van der Waals surface area (Å²) in [6, 6.07) is 9.69. The average molecular weight is 428 g/mol. The fraction of sp³-hybridized carbons (Fsp3) is 0.304. The third-order valence-electron chi connectivity index (χ3n) is 5.15. The molecule has 31 heavy (non-hydrogen) atoms. The van der Waals surface area contributed by atoms with E-state index in [9.17, 15) is 19.1 Å². The van der Waals surface area contributed by atoms with Gasteiger partial charge in [0.25, 0.3) is 11.7 Å². The summed E-state index contributed by atoms with van der Waals surface area (Å²) < 4.78 is 24.5. The fourth-order valence-electron chi connectivity index (χ4n) is 3.59. The highest BCUT2D eigenvalue weighted by atomic mass is 19.1. The lowest BCUT2D eigenvalue weighted by Crippen LogP contribution is -2.35. The third-order valence-corrected chi connectivity index (χ3v) is 5.15. The number of hydrogen-bond donors (Lipinski definition) is 1. The molecule has 0 aliphatic carbocycles. The molecular formula is C23H25FN2O5. The molecule has 2 aromatic rings. The second-order valence-corrected chi connectivity index (χ2v) is 7.42. The van der Waals surface area contributed by atoms with Gasteiger partial charge < -0.3 is 24.4 Å². The molecule has 164 valence electrons. The lowest BCUT2D eigenvalue weighted by Gasteiger charge is -2.27. The number of aliphatic hydroxyl groups is 1. The van der Waals surface area contributed by atoms with Gasteiger partial charge in [-0.3, -0.25) is 9.59 Å². The molecule has 1 N–H and O–H groups in total. The summed E-state index contributed by atoms with van der Waals surface area (Å²) in [5, 5.41) is 11.1. The Morgan fingerprint density at radius 1 is 1.13 bits per heavy atom. The number of amides is 1. The quantitative estimate of drug-likeness (QED) is 0.415. The molecule has 0 aromatic heterocycles. The number of methoxy groups -OCH3 is 2. The molecule has 1 heterocycles. The van der Waals surface area contributed by atoms with Crippen LogP contribution in [-0.4, -0.2) is 68.0 Å². The summed E-state index contributed by atoms with van der Waals surface area (Å²) in [7, 11) is 6.60. The van der Waals surface area contributed by atoms with E-state index in [1.54, 1.807) is 24.3 Å². The topological polar surface area (TPSA) is 79.3 Å². The van der Waals surface area contributed by atoms with Crippen LogP contribution in [0.5, 0.6) is 11.5 Å². The number of hydrogen-bond acceptors (Lipinski definition) is 6. The Labute approximate surface area is 180 Å². The Morgan fingerprint density at radius 3 is 2.52 bits per heavy atom. The van der Waals surface area contributed by atoms with Crippen LogP contribution in [0.1, 0.15) is 17.2 Å². The van der Waals surface area contributed by atoms with E-state index in [1.807, 2.05) is 19.0 Å². The van der Waals surface area contributed by atoms with Gasteiger partial charge in [-0.1, -0.05) is 12.1 Å². The first kappa shape index (κ1) is 22.3. The first-order chi connectivity index (χ1) is 14.8. The standard InChI is InChI=1S/C23H25FN2O5/c1-25(2)10-11-26-20(14-6-5-7-16(12-14)30-3)19(22(28)23(26)29)21(27)17-13-15(24)8-9-18(17)31-4/h5-9,12-13,20,27H,10-11H2,1-4H3/t20-/m0/s1. The van der Waals surface area contributed by atoms with Crippen LogP contribution in [0.4, 0.5) is 4.39 Å². The van der Waals surface area contributed by atoms with Gasteiger partial charge in [-0.25, -0.2) is 4.39 Å². The zero-order valence-electron chi connectivity index (χ0n) is 17.9. The minimum Gasteiger partial charge on any atom is -0.507 e. The van der Waals surface area contributed by atoms with E-state index in [2.05, 4.69) is 0 Å². The summed E-state index contributed by atoms with van der Waals surface area (Å²) in [6.07, 6.45) is 0. The molecule has 7 nitrogen and oxygen atoms in total. The number of ketones is 1. The van der Waals surface area contributed by atoms with E-state index in [1.165, 1.54) is 31.3 Å². The molecule has 0 radical (unpaired) electrons. The second kappa shape index (κ2) is 9.18. The van der Waals surface area contributed by atoms with Gasteiger partial charge in [-0.15, -0.1) is 0 Å². The lowest BCUT2D eigenvalue weighted by atomic mass is 9.94. The van der Waals surface area contributed by atoms with Crippen molar-refractivity contribution >= 4 is 17.4 Å². The van der Waals surface area contributed by atoms with Crippen molar-refractivity contribution in [1.82, 2.24) is 9.80 Å². The second-order valence-electron chi connectivity index (χ2n) is 7.42. The smallest absolute Gasteiger partial charge is 0.295 e. The van der Waals surface area contributed by atoms with Crippen molar-refractivity contribution in [2.45, 2.75) is 6.04 Å². The fourth-order valence-corrected chi connectivity index (χ4v) is 3.59. The number of halogens is 1. The Kier molecular flexibility index (Phi) is 6.60. The molecule has 1 atom stereocenters. The van der Waals surface area contributed by atoms with Crippen LogP contribution in [0.15, 0.2) is 48.0 Å². The zero-order valence-corrected chi connectivity index (χ0v) is 17.9. The highest BCUT2D eigenvalue weighted by molar-refractivity contribution is 6.46. The third kappa shape index (κ3) is 4.39. The molecule has 0 saturated carbocycles. The number of benzene rings is 2. The molecule has 3 rings (SSSR count). The van der Waals surface area contributed by atoms with Crippen molar-refractivity contribution in [2.24, 2.45) is 0 Å². The summed E-state index contributed by atoms with van der Waals surface area (Å²) in [5.74, 6) is -1.94. The van der Waals surface area contributed by atoms with Crippen LogP contribution < -0.4 is 9.47 Å². The molecule has 1 amide bonds. The number of carbonyl (C=O) groups excluding carboxylic acids is 2. The van der Waals surface area contributed by atoms with Crippen molar-refractivity contribution < 1.29 is 28.6 Å². The van der Waals surface area contributed by atoms with Crippen LogP contribution in [-0.2, 0) is 9.59 Å². The van der Waals surface area contributed by atoms with Crippen LogP contribution in [0.2, 0.25) is 0 Å². The number of likely N-dealkylation sites (tertiary alicyclic amines) is 1. The van der Waals surface area contributed by atoms with Gasteiger partial charge in [-0.05, 0) is 50.0 Å². The van der Waals surface area contributed by atoms with Gasteiger partial charge >= 0.3 is 0 Å². The van der Waals surface area contributed by atoms with Crippen molar-refractivity contribution in [3.05, 3.63) is 65.0 Å². The highest BCUT2D eigenvalue weighted by Gasteiger charge is 2.46. The number of Topliss-reactive ketones (excluding diaryl/α,β-unsaturated/α-hetero) is 1. The summed E-state index contributed by atoms with van der Waals surface area (Å²) in [4.78, 5) is 29.2. The Bertz CT molecular complexity index is 1030. The minimum absolute atomic E-state index is 0.000931. The summed E-state index contributed by atoms with van der Waals surface area (Å²) in [6.45, 7) is 0.771. The Balaban J connectivity index is 2.22. The van der Waals surface area contributed by atoms with Gasteiger partial charge in [0.15, 0.2) is 0 Å². The van der Waals surface area contributed by atoms with E-state index in [0.29, 0.717) is 17.9 Å². The molecular weight excluding hydrogens is 403 g/mol. The molecule has 1 saturated heterocycles. The normalized spacial score (nSPS) is 18.0. The molecule has 8 heteroatoms. The molecule has 0 unspecified atom stereocenters. The summed E-state index contributed by atoms with van der Waals surface area (Å²) in [5.41, 5.74) is 0.469. The predicted octanol–water partition coefficient (Wildman–Crippen LogP) is 2.83. The Hall–Kier alpha value is -3.39. The maximum Gasteiger partial charge on any atom is 0.295 e. The first-order valence-electron chi connectivity index (χ1n) is 9.69. The van der Waals surface area contributed by atoms with Crippen molar-refractivity contribution in [3.63, 3.8) is 0 Å². The minimum atomic E-state index is -0.858. The SMILES string of the molecule is COc1cccc([C@H]2C(=C(O)c3cc(F)ccc3OC)C(=O)C(=O)N2CCN(C)C)c1. The maximum absolute atomic E-state index is 13.9. The van der Waals surface area contributed by atoms with Crippen LogP contribution in [0.3, 0.4) is 0 Å². The van der Waals surface area contributed by atoms with Crippen LogP contribution in [0, 0.1) is 5.82 Å². The maximum atomic E-state index is 13.9. The molecule has 0 spiro atoms. The first-order valence-corrected chi connectivity index (χ1v) is 9.69. The zero-order chi connectivity index (χ0) is 22.7. The highest BCUT2D eigenvalue weighted by Crippen LogP contribution is 2.41. The number of rotatable bonds is 7. The Morgan fingerprint density at radius 2 is 1.87 bits per heavy atom. The largest absolute Gasteiger partial charge is 0.507 e. The monoisotopic (exact) mass is 428 g/mol. The van der Waals surface area contributed by atoms with E-state index in [0.717, 1.165) is 6.07 Å². The molecule has 1 aliphatic heterocycles. The number of ether oxygens (including phenoxy) is 2. The number of aliphatic hydroxyl groups excluding tert-OH is 1. The van der Waals surface area contributed by atoms with E-state index >= 15 is 0 Å². The van der Waals surface area contributed by atoms with Crippen LogP contribution in [0.25, 0.3) is 5.76 Å². The van der Waals surface area contributed by atoms with E-state index in [-0.39, 0.29) is 23.4 Å². The average Bonchev–Trinajstić information content (AvgIpc) is 3.01. The van der Waals surface area contributed by atoms with Gasteiger partial charge in [0.05, 0.1) is 31.4 Å².